The van der Waals surface area contributed by atoms with Crippen LogP contribution in [0.4, 0.5) is 0 Å². The van der Waals surface area contributed by atoms with Crippen LogP contribution in [0, 0.1) is 0 Å². The predicted molar refractivity (Wildman–Crippen MR) is 408 cm³/mol. The zero-order chi connectivity index (χ0) is 73.2. The van der Waals surface area contributed by atoms with Gasteiger partial charge in [0.05, 0.1) is 32.8 Å². The van der Waals surface area contributed by atoms with E-state index in [0.717, 1.165) is 167 Å². The second-order valence-corrected chi connectivity index (χ2v) is 28.1. The summed E-state index contributed by atoms with van der Waals surface area (Å²) in [6.45, 7) is 4.45. The van der Waals surface area contributed by atoms with Gasteiger partial charge in [0.25, 0.3) is 0 Å². The molecule has 0 aliphatic heterocycles. The molecule has 0 aromatic carbocycles. The second kappa shape index (κ2) is 72.5. The van der Waals surface area contributed by atoms with E-state index in [-0.39, 0.29) is 25.7 Å². The standard InChI is InChI=1S/C81H136O17P2/c1-5-9-13-17-21-25-29-32-35-36-37-38-41-43-47-50-54-58-62-66-79(84)91-71-76(97-80(85)67-63-59-55-51-45-28-24-20-16-12-8-4)73-95-99(87,88)93-69-75(82)70-94-100(89,90)96-74-77(98-81(86)68-64-60-56-52-48-44-40-34-31-27-23-19-15-11-7-3)72-92-78(83)65-61-57-53-49-46-42-39-33-30-26-22-18-14-10-6-2/h9-10,13-14,20-22,24-26,32-35,37-40,46,49,57,61,75-77,82H,5-8,11-12,15-19,23,27-31,36,41-45,47-48,50-56,58-60,62-74H2,1-4H3,(H,87,88)(H,89,90)/b13-9-,14-10-,24-20-,25-21-,26-22-,35-32-,38-37-,39-33-,40-34-,49-46-,61-57-. The van der Waals surface area contributed by atoms with Crippen molar-refractivity contribution in [3.05, 3.63) is 134 Å². The van der Waals surface area contributed by atoms with Crippen LogP contribution in [0.1, 0.15) is 297 Å². The van der Waals surface area contributed by atoms with Crippen molar-refractivity contribution in [3.8, 4) is 0 Å². The third-order valence-corrected chi connectivity index (χ3v) is 17.5. The van der Waals surface area contributed by atoms with Crippen molar-refractivity contribution in [2.24, 2.45) is 0 Å². The Morgan fingerprint density at radius 3 is 0.930 bits per heavy atom. The van der Waals surface area contributed by atoms with Crippen molar-refractivity contribution in [2.75, 3.05) is 39.6 Å². The van der Waals surface area contributed by atoms with Crippen molar-refractivity contribution >= 4 is 39.5 Å². The van der Waals surface area contributed by atoms with Crippen LogP contribution in [-0.4, -0.2) is 96.7 Å². The van der Waals surface area contributed by atoms with E-state index in [0.29, 0.717) is 25.7 Å². The molecule has 0 bridgehead atoms. The molecule has 5 atom stereocenters. The molecule has 3 N–H and O–H groups in total. The number of aliphatic hydroxyl groups is 1. The number of phosphoric acid groups is 2. The summed E-state index contributed by atoms with van der Waals surface area (Å²) in [6, 6.07) is 0. The van der Waals surface area contributed by atoms with Gasteiger partial charge in [-0.1, -0.05) is 271 Å². The highest BCUT2D eigenvalue weighted by atomic mass is 31.2. The summed E-state index contributed by atoms with van der Waals surface area (Å²) in [5.41, 5.74) is 0. The Balaban J connectivity index is 5.39. The van der Waals surface area contributed by atoms with Crippen LogP contribution in [-0.2, 0) is 65.4 Å². The lowest BCUT2D eigenvalue weighted by atomic mass is 10.1. The third kappa shape index (κ3) is 71.6. The molecular formula is C81H136O17P2. The molecule has 0 heterocycles. The molecule has 0 radical (unpaired) electrons. The lowest BCUT2D eigenvalue weighted by molar-refractivity contribution is -0.161. The normalized spacial score (nSPS) is 14.7. The first-order valence-electron chi connectivity index (χ1n) is 38.4. The average Bonchev–Trinajstić information content (AvgIpc) is 0.966. The molecule has 19 heteroatoms. The molecule has 0 saturated carbocycles. The Morgan fingerprint density at radius 2 is 0.570 bits per heavy atom. The number of rotatable bonds is 71. The Kier molecular flexibility index (Phi) is 69.1. The maximum atomic E-state index is 13.1. The smallest absolute Gasteiger partial charge is 0.462 e. The maximum absolute atomic E-state index is 13.1. The minimum Gasteiger partial charge on any atom is -0.462 e. The van der Waals surface area contributed by atoms with E-state index in [1.807, 2.05) is 18.2 Å². The van der Waals surface area contributed by atoms with Gasteiger partial charge in [-0.25, -0.2) is 9.13 Å². The Hall–Kier alpha value is -4.80. The molecule has 0 aliphatic carbocycles. The minimum atomic E-state index is -5.00. The van der Waals surface area contributed by atoms with Crippen LogP contribution in [0.15, 0.2) is 134 Å². The first-order valence-corrected chi connectivity index (χ1v) is 41.4. The van der Waals surface area contributed by atoms with Gasteiger partial charge in [-0.15, -0.1) is 0 Å². The van der Waals surface area contributed by atoms with Gasteiger partial charge in [0.1, 0.15) is 19.3 Å². The summed E-state index contributed by atoms with van der Waals surface area (Å²) in [7, 11) is -9.99. The molecule has 0 amide bonds. The van der Waals surface area contributed by atoms with E-state index >= 15 is 0 Å². The van der Waals surface area contributed by atoms with Crippen molar-refractivity contribution in [2.45, 2.75) is 316 Å². The van der Waals surface area contributed by atoms with Crippen molar-refractivity contribution in [3.63, 3.8) is 0 Å². The summed E-state index contributed by atoms with van der Waals surface area (Å²) < 4.78 is 68.3. The van der Waals surface area contributed by atoms with Gasteiger partial charge in [0.15, 0.2) is 12.2 Å². The monoisotopic (exact) mass is 1440 g/mol. The summed E-state index contributed by atoms with van der Waals surface area (Å²) >= 11 is 0. The summed E-state index contributed by atoms with van der Waals surface area (Å²) in [5.74, 6) is -2.36. The number of esters is 4. The van der Waals surface area contributed by atoms with Gasteiger partial charge >= 0.3 is 39.5 Å². The fourth-order valence-corrected chi connectivity index (χ4v) is 11.4. The van der Waals surface area contributed by atoms with E-state index in [1.54, 1.807) is 6.08 Å². The van der Waals surface area contributed by atoms with Crippen LogP contribution in [0.25, 0.3) is 0 Å². The van der Waals surface area contributed by atoms with E-state index in [9.17, 15) is 43.2 Å². The van der Waals surface area contributed by atoms with E-state index < -0.39 is 97.5 Å². The van der Waals surface area contributed by atoms with Crippen molar-refractivity contribution in [1.29, 1.82) is 0 Å². The van der Waals surface area contributed by atoms with Crippen LogP contribution in [0.3, 0.4) is 0 Å². The number of carbonyl (C=O) groups excluding carboxylic acids is 4. The van der Waals surface area contributed by atoms with Crippen LogP contribution in [0.2, 0.25) is 0 Å². The van der Waals surface area contributed by atoms with Crippen LogP contribution < -0.4 is 0 Å². The fraction of sp³-hybridized carbons (Fsp3) is 0.679. The molecule has 0 aromatic heterocycles. The van der Waals surface area contributed by atoms with Gasteiger partial charge in [-0.05, 0) is 135 Å². The lowest BCUT2D eigenvalue weighted by Gasteiger charge is -2.21. The number of phosphoric ester groups is 2. The van der Waals surface area contributed by atoms with Gasteiger partial charge in [-0.3, -0.25) is 37.3 Å². The molecule has 5 unspecified atom stereocenters. The number of unbranched alkanes of at least 4 members (excludes halogenated alkanes) is 24. The lowest BCUT2D eigenvalue weighted by Crippen LogP contribution is -2.30. The molecule has 0 aliphatic rings. The Labute approximate surface area is 605 Å². The first kappa shape index (κ1) is 95.2. The molecule has 0 fully saturated rings. The van der Waals surface area contributed by atoms with Gasteiger partial charge < -0.3 is 33.8 Å². The SMILES string of the molecule is CC/C=C\C/C=C\C/C=C\C/C=C\C/C=C\CC(=O)OCC(COP(=O)(O)OCC(O)COP(=O)(O)OCC(COC(=O)CCCCCCCC/C=C\C/C=C\C/C=C\C/C=C\CC)OC(=O)CCCCCCC/C=C\CCCC)OC(=O)CCCCCCC/C=C\CCCCCCCC. The number of hydrogen-bond donors (Lipinski definition) is 3. The maximum Gasteiger partial charge on any atom is 0.472 e. The second-order valence-electron chi connectivity index (χ2n) is 25.2. The molecule has 100 heavy (non-hydrogen) atoms. The van der Waals surface area contributed by atoms with Crippen LogP contribution in [0.5, 0.6) is 0 Å². The largest absolute Gasteiger partial charge is 0.472 e. The highest BCUT2D eigenvalue weighted by Crippen LogP contribution is 2.45. The summed E-state index contributed by atoms with van der Waals surface area (Å²) in [4.78, 5) is 72.8. The van der Waals surface area contributed by atoms with Crippen molar-refractivity contribution < 1.29 is 80.2 Å². The third-order valence-electron chi connectivity index (χ3n) is 15.6. The topological polar surface area (TPSA) is 237 Å². The van der Waals surface area contributed by atoms with E-state index in [4.69, 9.17) is 37.0 Å². The molecule has 0 rings (SSSR count). The van der Waals surface area contributed by atoms with Gasteiger partial charge in [0, 0.05) is 19.3 Å². The predicted octanol–water partition coefficient (Wildman–Crippen LogP) is 22.1. The van der Waals surface area contributed by atoms with E-state index in [1.165, 1.54) is 51.4 Å². The first-order chi connectivity index (χ1) is 48.7. The quantitative estimate of drug-likeness (QED) is 0.0169. The molecule has 572 valence electrons. The average molecular weight is 1440 g/mol. The number of carbonyl (C=O) groups is 4. The van der Waals surface area contributed by atoms with Gasteiger partial charge in [0.2, 0.25) is 0 Å². The number of hydrogen-bond acceptors (Lipinski definition) is 15. The minimum absolute atomic E-state index is 0.0632. The number of ether oxygens (including phenoxy) is 4. The molecular weight excluding hydrogens is 1310 g/mol. The molecule has 17 nitrogen and oxygen atoms in total. The Morgan fingerprint density at radius 1 is 0.300 bits per heavy atom. The summed E-state index contributed by atoms with van der Waals surface area (Å²) in [5, 5.41) is 10.6. The van der Waals surface area contributed by atoms with E-state index in [2.05, 4.69) is 137 Å². The number of aliphatic hydroxyl groups excluding tert-OH is 1. The number of allylic oxidation sites excluding steroid dienone is 21. The molecule has 0 saturated heterocycles. The zero-order valence-corrected chi connectivity index (χ0v) is 64.1. The Bertz CT molecular complexity index is 2420. The van der Waals surface area contributed by atoms with Crippen LogP contribution >= 0.6 is 15.6 Å². The fourth-order valence-electron chi connectivity index (χ4n) is 9.79. The van der Waals surface area contributed by atoms with Gasteiger partial charge in [-0.2, -0.15) is 0 Å². The molecule has 0 aromatic rings. The van der Waals surface area contributed by atoms with Crippen molar-refractivity contribution in [1.82, 2.24) is 0 Å². The summed E-state index contributed by atoms with van der Waals surface area (Å²) in [6.07, 6.45) is 80.5. The highest BCUT2D eigenvalue weighted by Gasteiger charge is 2.30. The highest BCUT2D eigenvalue weighted by molar-refractivity contribution is 7.47. The molecule has 0 spiro atoms. The zero-order valence-electron chi connectivity index (χ0n) is 62.3.